The smallest absolute Gasteiger partial charge is 0.137 e. The number of benzene rings is 1. The van der Waals surface area contributed by atoms with Gasteiger partial charge in [-0.3, -0.25) is 0 Å². The van der Waals surface area contributed by atoms with Crippen molar-refractivity contribution in [1.82, 2.24) is 5.32 Å². The van der Waals surface area contributed by atoms with Crippen molar-refractivity contribution in [3.63, 3.8) is 0 Å². The molecule has 0 saturated carbocycles. The number of nitrogens with one attached hydrogen (secondary N) is 1. The molecule has 1 aromatic carbocycles. The first-order valence-corrected chi connectivity index (χ1v) is 5.59. The molecule has 2 rings (SSSR count). The maximum atomic E-state index is 13.6. The fraction of sp³-hybridized carbons (Fsp3) is 0.385. The third-order valence-corrected chi connectivity index (χ3v) is 2.68. The summed E-state index contributed by atoms with van der Waals surface area (Å²) in [6.45, 7) is 5.08. The highest BCUT2D eigenvalue weighted by atomic mass is 19.1. The number of likely N-dealkylation sites (N-methyl/N-ethyl adjacent to an activating group) is 1. The highest BCUT2D eigenvalue weighted by molar-refractivity contribution is 5.78. The summed E-state index contributed by atoms with van der Waals surface area (Å²) >= 11 is 0. The molecular weight excluding hydrogens is 205 g/mol. The SMILES string of the molecule is CCN[C@@H](C)Cc1cc(F)c2ccoc2c1. The van der Waals surface area contributed by atoms with Crippen LogP contribution in [-0.2, 0) is 6.42 Å². The molecule has 0 unspecified atom stereocenters. The number of fused-ring (bicyclic) bond motifs is 1. The minimum atomic E-state index is -0.204. The summed E-state index contributed by atoms with van der Waals surface area (Å²) in [7, 11) is 0. The predicted molar refractivity (Wildman–Crippen MR) is 63.0 cm³/mol. The molecule has 1 heterocycles. The highest BCUT2D eigenvalue weighted by Gasteiger charge is 2.08. The Labute approximate surface area is 94.4 Å². The van der Waals surface area contributed by atoms with Crippen molar-refractivity contribution in [2.24, 2.45) is 0 Å². The van der Waals surface area contributed by atoms with Crippen LogP contribution in [0.1, 0.15) is 19.4 Å². The number of hydrogen-bond donors (Lipinski definition) is 1. The normalized spacial score (nSPS) is 13.2. The Morgan fingerprint density at radius 2 is 2.25 bits per heavy atom. The average Bonchev–Trinajstić information content (AvgIpc) is 2.66. The van der Waals surface area contributed by atoms with Gasteiger partial charge in [0.25, 0.3) is 0 Å². The summed E-state index contributed by atoms with van der Waals surface area (Å²) in [5.74, 6) is -0.204. The first kappa shape index (κ1) is 11.1. The summed E-state index contributed by atoms with van der Waals surface area (Å²) in [5.41, 5.74) is 1.59. The first-order valence-electron chi connectivity index (χ1n) is 5.59. The minimum Gasteiger partial charge on any atom is -0.464 e. The maximum absolute atomic E-state index is 13.6. The number of halogens is 1. The Kier molecular flexibility index (Phi) is 3.25. The van der Waals surface area contributed by atoms with Crippen LogP contribution < -0.4 is 5.32 Å². The summed E-state index contributed by atoms with van der Waals surface area (Å²) in [6, 6.07) is 5.50. The van der Waals surface area contributed by atoms with Crippen molar-refractivity contribution in [2.45, 2.75) is 26.3 Å². The van der Waals surface area contributed by atoms with Crippen molar-refractivity contribution in [3.8, 4) is 0 Å². The average molecular weight is 221 g/mol. The van der Waals surface area contributed by atoms with Gasteiger partial charge >= 0.3 is 0 Å². The summed E-state index contributed by atoms with van der Waals surface area (Å²) in [6.07, 6.45) is 2.33. The number of rotatable bonds is 4. The van der Waals surface area contributed by atoms with Gasteiger partial charge < -0.3 is 9.73 Å². The van der Waals surface area contributed by atoms with Gasteiger partial charge in [0.05, 0.1) is 11.6 Å². The van der Waals surface area contributed by atoms with Gasteiger partial charge in [0.2, 0.25) is 0 Å². The predicted octanol–water partition coefficient (Wildman–Crippen LogP) is 3.11. The van der Waals surface area contributed by atoms with E-state index >= 15 is 0 Å². The molecular formula is C13H16FNO. The lowest BCUT2D eigenvalue weighted by molar-refractivity contribution is 0.560. The first-order chi connectivity index (χ1) is 7.70. The van der Waals surface area contributed by atoms with E-state index in [9.17, 15) is 4.39 Å². The number of hydrogen-bond acceptors (Lipinski definition) is 2. The van der Waals surface area contributed by atoms with Crippen LogP contribution in [0.3, 0.4) is 0 Å². The minimum absolute atomic E-state index is 0.204. The quantitative estimate of drug-likeness (QED) is 0.858. The fourth-order valence-corrected chi connectivity index (χ4v) is 1.97. The zero-order chi connectivity index (χ0) is 11.5. The Balaban J connectivity index is 2.24. The third kappa shape index (κ3) is 2.25. The lowest BCUT2D eigenvalue weighted by Crippen LogP contribution is -2.27. The van der Waals surface area contributed by atoms with E-state index in [1.54, 1.807) is 12.1 Å². The standard InChI is InChI=1S/C13H16FNO/c1-3-15-9(2)6-10-7-12(14)11-4-5-16-13(11)8-10/h4-5,7-9,15H,3,6H2,1-2H3/t9-/m0/s1. The van der Waals surface area contributed by atoms with E-state index < -0.39 is 0 Å². The van der Waals surface area contributed by atoms with Crippen LogP contribution in [0.25, 0.3) is 11.0 Å². The molecule has 2 nitrogen and oxygen atoms in total. The van der Waals surface area contributed by atoms with Crippen LogP contribution in [0.5, 0.6) is 0 Å². The summed E-state index contributed by atoms with van der Waals surface area (Å²) < 4.78 is 18.9. The highest BCUT2D eigenvalue weighted by Crippen LogP contribution is 2.21. The van der Waals surface area contributed by atoms with Gasteiger partial charge in [0.15, 0.2) is 0 Å². The number of furan rings is 1. The Morgan fingerprint density at radius 1 is 1.44 bits per heavy atom. The zero-order valence-corrected chi connectivity index (χ0v) is 9.59. The fourth-order valence-electron chi connectivity index (χ4n) is 1.97. The molecule has 86 valence electrons. The van der Waals surface area contributed by atoms with E-state index in [4.69, 9.17) is 4.42 Å². The molecule has 0 spiro atoms. The second kappa shape index (κ2) is 4.66. The van der Waals surface area contributed by atoms with Crippen molar-refractivity contribution in [3.05, 3.63) is 35.8 Å². The van der Waals surface area contributed by atoms with Gasteiger partial charge in [0, 0.05) is 6.04 Å². The molecule has 0 aliphatic rings. The van der Waals surface area contributed by atoms with Gasteiger partial charge in [-0.1, -0.05) is 6.92 Å². The molecule has 1 atom stereocenters. The second-order valence-electron chi connectivity index (χ2n) is 4.07. The molecule has 16 heavy (non-hydrogen) atoms. The van der Waals surface area contributed by atoms with Crippen LogP contribution in [-0.4, -0.2) is 12.6 Å². The van der Waals surface area contributed by atoms with Gasteiger partial charge in [-0.25, -0.2) is 4.39 Å². The molecule has 0 aliphatic carbocycles. The molecule has 0 radical (unpaired) electrons. The van der Waals surface area contributed by atoms with E-state index in [1.807, 2.05) is 6.07 Å². The molecule has 0 saturated heterocycles. The van der Waals surface area contributed by atoms with Crippen LogP contribution in [0.15, 0.2) is 28.9 Å². The maximum Gasteiger partial charge on any atom is 0.137 e. The van der Waals surface area contributed by atoms with E-state index in [0.717, 1.165) is 18.5 Å². The molecule has 2 aromatic rings. The topological polar surface area (TPSA) is 25.2 Å². The molecule has 0 fully saturated rings. The zero-order valence-electron chi connectivity index (χ0n) is 9.59. The van der Waals surface area contributed by atoms with Crippen LogP contribution in [0.2, 0.25) is 0 Å². The molecule has 0 bridgehead atoms. The van der Waals surface area contributed by atoms with Crippen molar-refractivity contribution >= 4 is 11.0 Å². The van der Waals surface area contributed by atoms with Gasteiger partial charge in [-0.05, 0) is 43.7 Å². The van der Waals surface area contributed by atoms with Crippen LogP contribution in [0, 0.1) is 5.82 Å². The largest absolute Gasteiger partial charge is 0.464 e. The van der Waals surface area contributed by atoms with Gasteiger partial charge in [0.1, 0.15) is 11.4 Å². The van der Waals surface area contributed by atoms with E-state index in [1.165, 1.54) is 6.26 Å². The monoisotopic (exact) mass is 221 g/mol. The lowest BCUT2D eigenvalue weighted by Gasteiger charge is -2.12. The van der Waals surface area contributed by atoms with Crippen LogP contribution in [0.4, 0.5) is 4.39 Å². The Morgan fingerprint density at radius 3 is 3.00 bits per heavy atom. The molecule has 0 amide bonds. The summed E-state index contributed by atoms with van der Waals surface area (Å²) in [4.78, 5) is 0. The lowest BCUT2D eigenvalue weighted by atomic mass is 10.1. The van der Waals surface area contributed by atoms with Crippen LogP contribution >= 0.6 is 0 Å². The Bertz CT molecular complexity index is 478. The molecule has 1 aromatic heterocycles. The van der Waals surface area contributed by atoms with E-state index in [-0.39, 0.29) is 5.82 Å². The molecule has 1 N–H and O–H groups in total. The second-order valence-corrected chi connectivity index (χ2v) is 4.07. The van der Waals surface area contributed by atoms with Crippen molar-refractivity contribution in [1.29, 1.82) is 0 Å². The van der Waals surface area contributed by atoms with Gasteiger partial charge in [-0.15, -0.1) is 0 Å². The molecule has 0 aliphatic heterocycles. The van der Waals surface area contributed by atoms with Crippen molar-refractivity contribution < 1.29 is 8.81 Å². The molecule has 3 heteroatoms. The van der Waals surface area contributed by atoms with E-state index in [0.29, 0.717) is 17.0 Å². The van der Waals surface area contributed by atoms with Crippen molar-refractivity contribution in [2.75, 3.05) is 6.54 Å². The summed E-state index contributed by atoms with van der Waals surface area (Å²) in [5, 5.41) is 3.86. The Hall–Kier alpha value is -1.35. The third-order valence-electron chi connectivity index (χ3n) is 2.68. The van der Waals surface area contributed by atoms with Gasteiger partial charge in [-0.2, -0.15) is 0 Å². The van der Waals surface area contributed by atoms with E-state index in [2.05, 4.69) is 19.2 Å².